The maximum atomic E-state index is 7.75. The molecule has 8 bridgehead atoms. The second-order valence-electron chi connectivity index (χ2n) is 5.91. The zero-order chi connectivity index (χ0) is 17.9. The van der Waals surface area contributed by atoms with Crippen molar-refractivity contribution in [2.75, 3.05) is 0 Å². The van der Waals surface area contributed by atoms with E-state index in [0.29, 0.717) is 0 Å². The Morgan fingerprint density at radius 1 is 0.556 bits per heavy atom. The molecule has 2 aliphatic rings. The van der Waals surface area contributed by atoms with Gasteiger partial charge in [-0.15, -0.1) is 0 Å². The molecule has 27 heavy (non-hydrogen) atoms. The molecule has 5 rings (SSSR count). The molecule has 0 aliphatic carbocycles. The van der Waals surface area contributed by atoms with Gasteiger partial charge in [0.1, 0.15) is 0 Å². The third-order valence-corrected chi connectivity index (χ3v) is 4.04. The van der Waals surface area contributed by atoms with Gasteiger partial charge < -0.3 is 14.8 Å². The van der Waals surface area contributed by atoms with Crippen molar-refractivity contribution in [1.29, 1.82) is 0 Å². The molecule has 0 saturated heterocycles. The van der Waals surface area contributed by atoms with Gasteiger partial charge in [0.05, 0.1) is 22.8 Å². The largest absolute Gasteiger partial charge is 1.00 e. The van der Waals surface area contributed by atoms with Crippen LogP contribution in [0, 0.1) is 0 Å². The molecule has 3 aromatic rings. The van der Waals surface area contributed by atoms with Crippen molar-refractivity contribution in [3.05, 3.63) is 71.3 Å². The molecule has 3 aromatic heterocycles. The number of rotatable bonds is 0. The van der Waals surface area contributed by atoms with Crippen LogP contribution in [0.4, 0.5) is 0 Å². The first-order valence-corrected chi connectivity index (χ1v) is 8.08. The Labute approximate surface area is 168 Å². The zero-order valence-corrected chi connectivity index (χ0v) is 15.9. The average molecular weight is 440 g/mol. The molecule has 5 heterocycles. The van der Waals surface area contributed by atoms with Crippen LogP contribution in [0.5, 0.6) is 0 Å². The molecule has 6 heteroatoms. The Morgan fingerprint density at radius 3 is 1.30 bits per heavy atom. The van der Waals surface area contributed by atoms with Crippen LogP contribution in [0.1, 0.15) is 22.8 Å². The fraction of sp³-hybridized carbons (Fsp3) is 0. The number of fused-ring (bicyclic) bond motifs is 8. The minimum absolute atomic E-state index is 0. The van der Waals surface area contributed by atoms with Gasteiger partial charge in [0.2, 0.25) is 0 Å². The summed E-state index contributed by atoms with van der Waals surface area (Å²) >= 11 is 0. The van der Waals surface area contributed by atoms with E-state index in [-0.39, 0.29) is 19.5 Å². The summed E-state index contributed by atoms with van der Waals surface area (Å²) in [5.74, 6) is 0. The van der Waals surface area contributed by atoms with Crippen LogP contribution < -0.4 is 0 Å². The second-order valence-corrected chi connectivity index (χ2v) is 5.91. The number of nitrogens with zero attached hydrogens (tertiary/aromatic N) is 2. The number of nitrogens with one attached hydrogen (secondary N) is 2. The van der Waals surface area contributed by atoms with E-state index < -0.39 is 0 Å². The Hall–Kier alpha value is -3.11. The summed E-state index contributed by atoms with van der Waals surface area (Å²) in [4.78, 5) is 23.8. The van der Waals surface area contributed by atoms with Crippen LogP contribution in [0.2, 0.25) is 0 Å². The van der Waals surface area contributed by atoms with Gasteiger partial charge in [0, 0.05) is 22.1 Å². The first-order chi connectivity index (χ1) is 12.8. The number of aromatic amines is 2. The number of H-pyrrole nitrogens is 2. The van der Waals surface area contributed by atoms with Crippen molar-refractivity contribution >= 4 is 53.2 Å². The van der Waals surface area contributed by atoms with E-state index in [9.17, 15) is 0 Å². The van der Waals surface area contributed by atoms with Crippen LogP contribution in [-0.4, -0.2) is 26.7 Å². The van der Waals surface area contributed by atoms with Crippen LogP contribution in [0.25, 0.3) is 46.4 Å². The maximum Gasteiger partial charge on any atom is 1.00 e. The van der Waals surface area contributed by atoms with E-state index in [1.807, 2.05) is 42.5 Å². The van der Waals surface area contributed by atoms with Gasteiger partial charge in [-0.2, -0.15) is 0 Å². The van der Waals surface area contributed by atoms with Gasteiger partial charge in [-0.3, -0.25) is 6.79 Å². The SMILES string of the molecule is C1=Cc2cc3ccc(cc4ccc(cc5nc(cc1n2)C=C5)[nH]4)[nH]3.[CH-]=O.[Ru+]. The predicted molar refractivity (Wildman–Crippen MR) is 106 cm³/mol. The van der Waals surface area contributed by atoms with Crippen molar-refractivity contribution in [3.8, 4) is 0 Å². The Balaban J connectivity index is 0.000000680. The Kier molecular flexibility index (Phi) is 5.58. The summed E-state index contributed by atoms with van der Waals surface area (Å²) in [6.07, 6.45) is 8.05. The standard InChI is InChI=1S/C20H14N4.CHO.Ru/c1-2-14-10-16-5-6-18(23-16)12-20-8-7-19(24-20)11-17-4-3-15(22-17)9-13(1)21-14;1-2;/h1-12,21-22H;1H;/q;-1;+1. The molecule has 2 N–H and O–H groups in total. The first-order valence-electron chi connectivity index (χ1n) is 8.08. The summed E-state index contributed by atoms with van der Waals surface area (Å²) in [5, 5.41) is 0. The van der Waals surface area contributed by atoms with E-state index >= 15 is 0 Å². The van der Waals surface area contributed by atoms with Crippen LogP contribution in [0.3, 0.4) is 0 Å². The molecule has 0 fully saturated rings. The number of hydrogen-bond acceptors (Lipinski definition) is 3. The molecule has 133 valence electrons. The smallest absolute Gasteiger partial charge is 0.545 e. The quantitative estimate of drug-likeness (QED) is 0.213. The van der Waals surface area contributed by atoms with Crippen molar-refractivity contribution in [3.63, 3.8) is 0 Å². The summed E-state index contributed by atoms with van der Waals surface area (Å²) in [6, 6.07) is 16.4. The minimum Gasteiger partial charge on any atom is -0.545 e. The van der Waals surface area contributed by atoms with Gasteiger partial charge in [0.25, 0.3) is 0 Å². The minimum atomic E-state index is 0. The van der Waals surface area contributed by atoms with Crippen molar-refractivity contribution in [1.82, 2.24) is 19.9 Å². The fourth-order valence-corrected chi connectivity index (χ4v) is 2.94. The molecule has 5 nitrogen and oxygen atoms in total. The van der Waals surface area contributed by atoms with E-state index in [1.54, 1.807) is 0 Å². The van der Waals surface area contributed by atoms with E-state index in [0.717, 1.165) is 44.8 Å². The predicted octanol–water partition coefficient (Wildman–Crippen LogP) is 4.38. The van der Waals surface area contributed by atoms with Gasteiger partial charge in [-0.05, 0) is 72.8 Å². The second kappa shape index (κ2) is 8.06. The molecule has 1 radical (unpaired) electrons. The maximum absolute atomic E-state index is 7.75. The molecular formula is C21H15N4ORu. The third kappa shape index (κ3) is 4.18. The normalized spacial score (nSPS) is 11.4. The van der Waals surface area contributed by atoms with Crippen LogP contribution in [0.15, 0.2) is 48.5 Å². The summed E-state index contributed by atoms with van der Waals surface area (Å²) in [5.41, 5.74) is 7.86. The number of carbonyl (C=O) groups excluding carboxylic acids is 1. The molecule has 0 atom stereocenters. The number of hydrogen-bond donors (Lipinski definition) is 2. The summed E-state index contributed by atoms with van der Waals surface area (Å²) in [7, 11) is 0. The molecule has 0 amide bonds. The molecule has 0 unspecified atom stereocenters. The molecule has 0 saturated carbocycles. The molecular weight excluding hydrogens is 425 g/mol. The van der Waals surface area contributed by atoms with Gasteiger partial charge >= 0.3 is 19.5 Å². The Morgan fingerprint density at radius 2 is 0.889 bits per heavy atom. The zero-order valence-electron chi connectivity index (χ0n) is 14.2. The topological polar surface area (TPSA) is 74.4 Å². The van der Waals surface area contributed by atoms with Gasteiger partial charge in [-0.25, -0.2) is 9.97 Å². The van der Waals surface area contributed by atoms with Gasteiger partial charge in [-0.1, -0.05) is 0 Å². The molecule has 0 spiro atoms. The monoisotopic (exact) mass is 441 g/mol. The van der Waals surface area contributed by atoms with Crippen LogP contribution >= 0.6 is 0 Å². The first kappa shape index (κ1) is 18.7. The fourth-order valence-electron chi connectivity index (χ4n) is 2.94. The van der Waals surface area contributed by atoms with E-state index in [2.05, 4.69) is 57.1 Å². The molecule has 0 aromatic carbocycles. The average Bonchev–Trinajstić information content (AvgIpc) is 3.42. The van der Waals surface area contributed by atoms with Gasteiger partial charge in [0.15, 0.2) is 0 Å². The van der Waals surface area contributed by atoms with E-state index in [1.165, 1.54) is 0 Å². The van der Waals surface area contributed by atoms with Crippen LogP contribution in [-0.2, 0) is 24.3 Å². The Bertz CT molecular complexity index is 1100. The van der Waals surface area contributed by atoms with Crippen molar-refractivity contribution in [2.45, 2.75) is 0 Å². The van der Waals surface area contributed by atoms with E-state index in [4.69, 9.17) is 4.79 Å². The number of aromatic nitrogens is 4. The summed E-state index contributed by atoms with van der Waals surface area (Å²) < 4.78 is 0. The molecule has 2 aliphatic heterocycles. The van der Waals surface area contributed by atoms with Crippen molar-refractivity contribution < 1.29 is 24.3 Å². The van der Waals surface area contributed by atoms with Crippen molar-refractivity contribution in [2.24, 2.45) is 0 Å². The summed E-state index contributed by atoms with van der Waals surface area (Å²) in [6.45, 7) is 3.25. The third-order valence-electron chi connectivity index (χ3n) is 4.04.